The second-order valence-electron chi connectivity index (χ2n) is 8.95. The van der Waals surface area contributed by atoms with Crippen LogP contribution >= 0.6 is 11.3 Å². The maximum atomic E-state index is 15.0. The molecule has 2 heterocycles. The molecule has 0 radical (unpaired) electrons. The second-order valence-corrected chi connectivity index (χ2v) is 9.98. The number of rotatable bonds is 13. The van der Waals surface area contributed by atoms with E-state index in [1.165, 1.54) is 47.7 Å². The number of carbonyl (C=O) groups excluding carboxylic acids is 3. The Labute approximate surface area is 232 Å². The molecular weight excluding hydrogens is 546 g/mol. The zero-order valence-electron chi connectivity index (χ0n) is 21.3. The van der Waals surface area contributed by atoms with Crippen LogP contribution < -0.4 is 20.1 Å². The summed E-state index contributed by atoms with van der Waals surface area (Å²) < 4.78 is 34.3. The van der Waals surface area contributed by atoms with Gasteiger partial charge in [0, 0.05) is 24.4 Å². The van der Waals surface area contributed by atoms with Crippen molar-refractivity contribution < 1.29 is 37.8 Å². The molecule has 1 aromatic heterocycles. The number of carbonyl (C=O) groups is 4. The van der Waals surface area contributed by atoms with Gasteiger partial charge in [-0.2, -0.15) is 0 Å². The molecule has 1 fully saturated rings. The van der Waals surface area contributed by atoms with Gasteiger partial charge in [0.2, 0.25) is 18.7 Å². The number of ether oxygens (including phenoxy) is 1. The van der Waals surface area contributed by atoms with Crippen LogP contribution in [0, 0.1) is 11.6 Å². The molecule has 13 heteroatoms. The van der Waals surface area contributed by atoms with Crippen LogP contribution in [-0.2, 0) is 25.7 Å². The number of amides is 3. The number of methoxy groups -OCH3 is 1. The first-order valence-electron chi connectivity index (χ1n) is 12.1. The van der Waals surface area contributed by atoms with E-state index in [2.05, 4.69) is 5.43 Å². The van der Waals surface area contributed by atoms with Gasteiger partial charge in [-0.25, -0.2) is 19.2 Å². The first kappa shape index (κ1) is 28.6. The summed E-state index contributed by atoms with van der Waals surface area (Å²) in [7, 11) is 1.28. The fraction of sp³-hybridized carbons (Fsp3) is 0.259. The van der Waals surface area contributed by atoms with Gasteiger partial charge in [-0.1, -0.05) is 12.1 Å². The average Bonchev–Trinajstić information content (AvgIpc) is 3.59. The topological polar surface area (TPSA) is 119 Å². The Kier molecular flexibility index (Phi) is 9.07. The molecule has 2 atom stereocenters. The third-order valence-corrected chi connectivity index (χ3v) is 7.42. The number of thiophene rings is 1. The molecule has 0 bridgehead atoms. The molecule has 3 amide bonds. The molecule has 2 aromatic carbocycles. The van der Waals surface area contributed by atoms with E-state index in [0.29, 0.717) is 19.4 Å². The highest BCUT2D eigenvalue weighted by molar-refractivity contribution is 7.09. The van der Waals surface area contributed by atoms with Gasteiger partial charge in [-0.15, -0.1) is 11.3 Å². The highest BCUT2D eigenvalue weighted by Gasteiger charge is 2.39. The van der Waals surface area contributed by atoms with Crippen molar-refractivity contribution >= 4 is 47.4 Å². The molecular formula is C27H26F2N4O6S. The lowest BCUT2D eigenvalue weighted by Gasteiger charge is -2.32. The van der Waals surface area contributed by atoms with E-state index in [1.807, 2.05) is 17.5 Å². The van der Waals surface area contributed by atoms with Gasteiger partial charge in [0.05, 0.1) is 37.0 Å². The van der Waals surface area contributed by atoms with Gasteiger partial charge >= 0.3 is 5.97 Å². The standard InChI is InChI=1S/C27H26F2N4O6S/c1-39-25-7-4-17(9-22(25)29)23(12-27(37)38)32(15-34)19-11-26(36)31(14-19)24-10-18(5-6-21(24)28)33(16-35)30-13-20-3-2-8-40-20/h2-10,15-16,19,23,30H,11-14H2,1H3,(H,37,38). The second kappa shape index (κ2) is 12.7. The van der Waals surface area contributed by atoms with Crippen LogP contribution in [-0.4, -0.2) is 54.4 Å². The first-order valence-corrected chi connectivity index (χ1v) is 13.0. The lowest BCUT2D eigenvalue weighted by molar-refractivity contribution is -0.139. The average molecular weight is 573 g/mol. The SMILES string of the molecule is COc1ccc(C(CC(=O)O)N(C=O)C2CC(=O)N(c3cc(N(C=O)NCc4cccs4)ccc3F)C2)cc1F. The normalized spacial score (nSPS) is 15.5. The fourth-order valence-corrected chi connectivity index (χ4v) is 5.25. The molecule has 4 rings (SSSR count). The van der Waals surface area contributed by atoms with Crippen LogP contribution in [0.5, 0.6) is 5.75 Å². The van der Waals surface area contributed by atoms with E-state index in [1.54, 1.807) is 0 Å². The minimum atomic E-state index is -1.24. The van der Waals surface area contributed by atoms with Gasteiger partial charge in [-0.3, -0.25) is 19.2 Å². The smallest absolute Gasteiger partial charge is 0.305 e. The summed E-state index contributed by atoms with van der Waals surface area (Å²) in [5, 5.41) is 12.6. The van der Waals surface area contributed by atoms with Crippen molar-refractivity contribution in [1.29, 1.82) is 0 Å². The number of aliphatic carboxylic acids is 1. The van der Waals surface area contributed by atoms with Gasteiger partial charge in [0.25, 0.3) is 0 Å². The molecule has 3 aromatic rings. The predicted octanol–water partition coefficient (Wildman–Crippen LogP) is 3.48. The number of nitrogens with zero attached hydrogens (tertiary/aromatic N) is 3. The number of carboxylic acid groups (broad SMARTS) is 1. The maximum absolute atomic E-state index is 15.0. The van der Waals surface area contributed by atoms with E-state index in [4.69, 9.17) is 4.74 Å². The monoisotopic (exact) mass is 572 g/mol. The van der Waals surface area contributed by atoms with Crippen molar-refractivity contribution in [3.8, 4) is 5.75 Å². The summed E-state index contributed by atoms with van der Waals surface area (Å²) in [6, 6.07) is 9.51. The fourth-order valence-electron chi connectivity index (χ4n) is 4.61. The number of halogens is 2. The van der Waals surface area contributed by atoms with Crippen molar-refractivity contribution in [3.63, 3.8) is 0 Å². The number of hydrogen-bond acceptors (Lipinski definition) is 7. The van der Waals surface area contributed by atoms with Gasteiger partial charge in [-0.05, 0) is 47.3 Å². The molecule has 1 aliphatic rings. The van der Waals surface area contributed by atoms with Crippen LogP contribution in [0.2, 0.25) is 0 Å². The minimum Gasteiger partial charge on any atom is -0.494 e. The van der Waals surface area contributed by atoms with Gasteiger partial charge < -0.3 is 19.6 Å². The number of benzene rings is 2. The van der Waals surface area contributed by atoms with Crippen LogP contribution in [0.4, 0.5) is 20.2 Å². The van der Waals surface area contributed by atoms with E-state index in [9.17, 15) is 33.1 Å². The Balaban J connectivity index is 1.58. The Morgan fingerprint density at radius 3 is 2.62 bits per heavy atom. The summed E-state index contributed by atoms with van der Waals surface area (Å²) >= 11 is 1.49. The van der Waals surface area contributed by atoms with Gasteiger partial charge in [0.1, 0.15) is 5.82 Å². The Morgan fingerprint density at radius 2 is 2.00 bits per heavy atom. The molecule has 2 unspecified atom stereocenters. The molecule has 2 N–H and O–H groups in total. The van der Waals surface area contributed by atoms with E-state index >= 15 is 0 Å². The molecule has 0 saturated carbocycles. The van der Waals surface area contributed by atoms with Crippen molar-refractivity contribution in [1.82, 2.24) is 10.3 Å². The first-order chi connectivity index (χ1) is 19.2. The highest BCUT2D eigenvalue weighted by atomic mass is 32.1. The third kappa shape index (κ3) is 6.26. The minimum absolute atomic E-state index is 0.0534. The van der Waals surface area contributed by atoms with Crippen molar-refractivity contribution in [2.45, 2.75) is 31.5 Å². The van der Waals surface area contributed by atoms with Crippen LogP contribution in [0.3, 0.4) is 0 Å². The van der Waals surface area contributed by atoms with Crippen LogP contribution in [0.25, 0.3) is 0 Å². The van der Waals surface area contributed by atoms with E-state index < -0.39 is 42.0 Å². The zero-order valence-corrected chi connectivity index (χ0v) is 22.1. The number of anilines is 2. The molecule has 0 spiro atoms. The third-order valence-electron chi connectivity index (χ3n) is 6.54. The Morgan fingerprint density at radius 1 is 1.20 bits per heavy atom. The maximum Gasteiger partial charge on any atom is 0.305 e. The molecule has 1 saturated heterocycles. The molecule has 10 nitrogen and oxygen atoms in total. The molecule has 210 valence electrons. The number of hydrazine groups is 1. The van der Waals surface area contributed by atoms with Crippen molar-refractivity contribution in [2.24, 2.45) is 0 Å². The summed E-state index contributed by atoms with van der Waals surface area (Å²) in [6.07, 6.45) is 0.166. The molecule has 1 aliphatic heterocycles. The Bertz CT molecular complexity index is 1390. The van der Waals surface area contributed by atoms with Crippen LogP contribution in [0.15, 0.2) is 53.9 Å². The summed E-state index contributed by atoms with van der Waals surface area (Å²) in [4.78, 5) is 51.9. The van der Waals surface area contributed by atoms with Crippen molar-refractivity contribution in [2.75, 3.05) is 23.6 Å². The highest BCUT2D eigenvalue weighted by Crippen LogP contribution is 2.34. The predicted molar refractivity (Wildman–Crippen MR) is 143 cm³/mol. The number of hydrogen-bond donors (Lipinski definition) is 2. The lowest BCUT2D eigenvalue weighted by atomic mass is 9.99. The van der Waals surface area contributed by atoms with E-state index in [0.717, 1.165) is 26.8 Å². The largest absolute Gasteiger partial charge is 0.494 e. The molecule has 0 aliphatic carbocycles. The quantitative estimate of drug-likeness (QED) is 0.238. The van der Waals surface area contributed by atoms with Gasteiger partial charge in [0.15, 0.2) is 11.6 Å². The van der Waals surface area contributed by atoms with Crippen molar-refractivity contribution in [3.05, 3.63) is 76.0 Å². The van der Waals surface area contributed by atoms with E-state index in [-0.39, 0.29) is 35.7 Å². The van der Waals surface area contributed by atoms with Crippen LogP contribution in [0.1, 0.15) is 29.3 Å². The number of carboxylic acids is 1. The summed E-state index contributed by atoms with van der Waals surface area (Å²) in [5.41, 5.74) is 3.31. The number of nitrogens with one attached hydrogen (secondary N) is 1. The summed E-state index contributed by atoms with van der Waals surface area (Å²) in [5.74, 6) is -3.26. The molecule has 40 heavy (non-hydrogen) atoms. The Hall–Kier alpha value is -4.36. The lowest BCUT2D eigenvalue weighted by Crippen LogP contribution is -2.40. The zero-order chi connectivity index (χ0) is 28.8. The summed E-state index contributed by atoms with van der Waals surface area (Å²) in [6.45, 7) is 0.204.